The Balaban J connectivity index is 1.93. The molecule has 2 atom stereocenters. The minimum atomic E-state index is -3.87. The lowest BCUT2D eigenvalue weighted by atomic mass is 10.1. The average molecular weight is 522 g/mol. The molecule has 3 rings (SSSR count). The van der Waals surface area contributed by atoms with Gasteiger partial charge in [0.15, 0.2) is 11.5 Å². The van der Waals surface area contributed by atoms with Gasteiger partial charge in [0, 0.05) is 18.7 Å². The van der Waals surface area contributed by atoms with Gasteiger partial charge in [0.05, 0.1) is 11.4 Å². The SMILES string of the molecule is CC[C@@H](C)NC(=O)[C@@H](C)N(Cc1ccc(F)cc1)C(=O)CN(c1ccc2c(c1)OCO2)S(=O)(=O)CC. The minimum absolute atomic E-state index is 0.00461. The number of nitrogens with one attached hydrogen (secondary N) is 1. The van der Waals surface area contributed by atoms with Gasteiger partial charge in [0.1, 0.15) is 18.4 Å². The molecule has 0 aliphatic carbocycles. The third-order valence-corrected chi connectivity index (χ3v) is 7.80. The quantitative estimate of drug-likeness (QED) is 0.487. The van der Waals surface area contributed by atoms with Gasteiger partial charge in [-0.05, 0) is 57.0 Å². The summed E-state index contributed by atoms with van der Waals surface area (Å²) in [6.07, 6.45) is 0.705. The zero-order valence-corrected chi connectivity index (χ0v) is 21.7. The van der Waals surface area contributed by atoms with E-state index in [1.807, 2.05) is 13.8 Å². The number of anilines is 1. The number of halogens is 1. The van der Waals surface area contributed by atoms with E-state index < -0.39 is 34.3 Å². The predicted molar refractivity (Wildman–Crippen MR) is 134 cm³/mol. The number of nitrogens with zero attached hydrogens (tertiary/aromatic N) is 2. The first-order valence-corrected chi connectivity index (χ1v) is 13.4. The summed E-state index contributed by atoms with van der Waals surface area (Å²) >= 11 is 0. The Morgan fingerprint density at radius 1 is 1.06 bits per heavy atom. The van der Waals surface area contributed by atoms with E-state index in [9.17, 15) is 22.4 Å². The highest BCUT2D eigenvalue weighted by Crippen LogP contribution is 2.36. The number of benzene rings is 2. The van der Waals surface area contributed by atoms with E-state index in [2.05, 4.69) is 5.32 Å². The summed E-state index contributed by atoms with van der Waals surface area (Å²) < 4.78 is 51.1. The largest absolute Gasteiger partial charge is 0.454 e. The summed E-state index contributed by atoms with van der Waals surface area (Å²) in [6, 6.07) is 9.20. The fourth-order valence-corrected chi connectivity index (χ4v) is 4.65. The first-order chi connectivity index (χ1) is 17.1. The normalized spacial score (nSPS) is 14.1. The van der Waals surface area contributed by atoms with Crippen LogP contribution in [0, 0.1) is 5.82 Å². The number of carbonyl (C=O) groups excluding carboxylic acids is 2. The van der Waals surface area contributed by atoms with Crippen molar-refractivity contribution in [3.05, 3.63) is 53.8 Å². The Labute approximate surface area is 211 Å². The second-order valence-corrected chi connectivity index (χ2v) is 10.8. The number of fused-ring (bicyclic) bond motifs is 1. The fourth-order valence-electron chi connectivity index (χ4n) is 3.59. The Kier molecular flexibility index (Phi) is 8.78. The van der Waals surface area contributed by atoms with Gasteiger partial charge in [0.2, 0.25) is 28.6 Å². The van der Waals surface area contributed by atoms with E-state index in [4.69, 9.17) is 9.47 Å². The van der Waals surface area contributed by atoms with Crippen LogP contribution in [0.3, 0.4) is 0 Å². The van der Waals surface area contributed by atoms with Gasteiger partial charge in [-0.15, -0.1) is 0 Å². The smallest absolute Gasteiger partial charge is 0.244 e. The van der Waals surface area contributed by atoms with Crippen LogP contribution in [0.5, 0.6) is 11.5 Å². The van der Waals surface area contributed by atoms with Crippen molar-refractivity contribution in [3.8, 4) is 11.5 Å². The molecule has 2 amide bonds. The molecule has 0 unspecified atom stereocenters. The summed E-state index contributed by atoms with van der Waals surface area (Å²) in [5.41, 5.74) is 0.841. The highest BCUT2D eigenvalue weighted by atomic mass is 32.2. The van der Waals surface area contributed by atoms with Crippen molar-refractivity contribution in [3.63, 3.8) is 0 Å². The number of amides is 2. The molecule has 2 aromatic carbocycles. The minimum Gasteiger partial charge on any atom is -0.454 e. The maximum absolute atomic E-state index is 13.6. The van der Waals surface area contributed by atoms with E-state index in [0.717, 1.165) is 4.31 Å². The van der Waals surface area contributed by atoms with E-state index in [-0.39, 0.29) is 36.7 Å². The van der Waals surface area contributed by atoms with Gasteiger partial charge in [0.25, 0.3) is 0 Å². The Bertz CT molecular complexity index is 1190. The third-order valence-electron chi connectivity index (χ3n) is 6.06. The van der Waals surface area contributed by atoms with Gasteiger partial charge in [-0.2, -0.15) is 0 Å². The topological polar surface area (TPSA) is 105 Å². The van der Waals surface area contributed by atoms with Crippen molar-refractivity contribution >= 4 is 27.5 Å². The van der Waals surface area contributed by atoms with Crippen molar-refractivity contribution in [2.45, 2.75) is 52.7 Å². The van der Waals surface area contributed by atoms with Crippen LogP contribution in [0.2, 0.25) is 0 Å². The lowest BCUT2D eigenvalue weighted by molar-refractivity contribution is -0.139. The molecule has 0 saturated carbocycles. The highest BCUT2D eigenvalue weighted by molar-refractivity contribution is 7.92. The van der Waals surface area contributed by atoms with Gasteiger partial charge >= 0.3 is 0 Å². The van der Waals surface area contributed by atoms with E-state index in [1.165, 1.54) is 48.2 Å². The van der Waals surface area contributed by atoms with Crippen LogP contribution >= 0.6 is 0 Å². The molecule has 36 heavy (non-hydrogen) atoms. The first kappa shape index (κ1) is 27.3. The number of sulfonamides is 1. The van der Waals surface area contributed by atoms with Gasteiger partial charge in [-0.1, -0.05) is 19.1 Å². The van der Waals surface area contributed by atoms with Crippen LogP contribution in [0.25, 0.3) is 0 Å². The molecule has 0 saturated heterocycles. The molecule has 0 radical (unpaired) electrons. The van der Waals surface area contributed by atoms with Crippen molar-refractivity contribution in [1.82, 2.24) is 10.2 Å². The van der Waals surface area contributed by atoms with Crippen LogP contribution < -0.4 is 19.1 Å². The van der Waals surface area contributed by atoms with Crippen LogP contribution in [0.1, 0.15) is 39.7 Å². The first-order valence-electron chi connectivity index (χ1n) is 11.8. The fraction of sp³-hybridized carbons (Fsp3) is 0.440. The van der Waals surface area contributed by atoms with Gasteiger partial charge < -0.3 is 19.7 Å². The zero-order valence-electron chi connectivity index (χ0n) is 20.9. The van der Waals surface area contributed by atoms with E-state index in [0.29, 0.717) is 23.5 Å². The monoisotopic (exact) mass is 521 g/mol. The van der Waals surface area contributed by atoms with Crippen LogP contribution in [0.4, 0.5) is 10.1 Å². The van der Waals surface area contributed by atoms with Crippen LogP contribution in [-0.4, -0.2) is 56.3 Å². The van der Waals surface area contributed by atoms with Crippen molar-refractivity contribution in [2.75, 3.05) is 23.4 Å². The number of hydrogen-bond donors (Lipinski definition) is 1. The van der Waals surface area contributed by atoms with Crippen LogP contribution in [-0.2, 0) is 26.2 Å². The molecule has 0 bridgehead atoms. The van der Waals surface area contributed by atoms with Gasteiger partial charge in [-0.25, -0.2) is 12.8 Å². The second kappa shape index (κ2) is 11.6. The summed E-state index contributed by atoms with van der Waals surface area (Å²) in [7, 11) is -3.87. The van der Waals surface area contributed by atoms with Crippen molar-refractivity contribution < 1.29 is 31.9 Å². The molecule has 0 aromatic heterocycles. The molecule has 196 valence electrons. The maximum Gasteiger partial charge on any atom is 0.244 e. The molecule has 11 heteroatoms. The molecule has 1 aliphatic heterocycles. The van der Waals surface area contributed by atoms with Crippen molar-refractivity contribution in [1.29, 1.82) is 0 Å². The van der Waals surface area contributed by atoms with Crippen molar-refractivity contribution in [2.24, 2.45) is 0 Å². The highest BCUT2D eigenvalue weighted by Gasteiger charge is 2.32. The molecule has 2 aromatic rings. The molecule has 9 nitrogen and oxygen atoms in total. The van der Waals surface area contributed by atoms with Gasteiger partial charge in [-0.3, -0.25) is 13.9 Å². The number of rotatable bonds is 11. The van der Waals surface area contributed by atoms with Crippen LogP contribution in [0.15, 0.2) is 42.5 Å². The lowest BCUT2D eigenvalue weighted by Gasteiger charge is -2.32. The predicted octanol–water partition coefficient (Wildman–Crippen LogP) is 3.04. The Morgan fingerprint density at radius 2 is 1.72 bits per heavy atom. The molecule has 0 spiro atoms. The maximum atomic E-state index is 13.6. The molecule has 1 N–H and O–H groups in total. The lowest BCUT2D eigenvalue weighted by Crippen LogP contribution is -2.52. The summed E-state index contributed by atoms with van der Waals surface area (Å²) in [5.74, 6) is -0.764. The van der Waals surface area contributed by atoms with E-state index >= 15 is 0 Å². The molecule has 0 fully saturated rings. The third kappa shape index (κ3) is 6.45. The number of ether oxygens (including phenoxy) is 2. The number of hydrogen-bond acceptors (Lipinski definition) is 6. The summed E-state index contributed by atoms with van der Waals surface area (Å²) in [5, 5.41) is 2.86. The summed E-state index contributed by atoms with van der Waals surface area (Å²) in [4.78, 5) is 27.8. The number of carbonyl (C=O) groups is 2. The molecule has 1 aliphatic rings. The molecule has 1 heterocycles. The molecular weight excluding hydrogens is 489 g/mol. The Hall–Kier alpha value is -3.34. The molecular formula is C25H32FN3O6S. The standard InChI is InChI=1S/C25H32FN3O6S/c1-5-17(3)27-25(31)18(4)28(14-19-7-9-20(26)10-8-19)24(30)15-29(36(32,33)6-2)21-11-12-22-23(13-21)35-16-34-22/h7-13,17-18H,5-6,14-16H2,1-4H3,(H,27,31)/t17-,18-/m1/s1. The zero-order chi connectivity index (χ0) is 26.5. The summed E-state index contributed by atoms with van der Waals surface area (Å²) in [6.45, 7) is 6.33. The Morgan fingerprint density at radius 3 is 2.36 bits per heavy atom. The second-order valence-electron chi connectivity index (χ2n) is 8.59. The average Bonchev–Trinajstić information content (AvgIpc) is 3.34. The van der Waals surface area contributed by atoms with E-state index in [1.54, 1.807) is 13.0 Å².